The number of allylic oxidation sites excluding steroid dienone is 4. The lowest BCUT2D eigenvalue weighted by molar-refractivity contribution is -0.160. The molecule has 0 aromatic carbocycles. The van der Waals surface area contributed by atoms with Gasteiger partial charge < -0.3 is 14.2 Å². The highest BCUT2D eigenvalue weighted by molar-refractivity contribution is 6.18. The number of hydrogen-bond acceptors (Lipinski definition) is 3. The standard InChI is InChI=1S/C30H56Cl2O3/c1-29(23-19-15-11-7-3-5-9-13-17-21-25-31)34-27-33-28-35-30(2)24-20-16-12-8-4-6-10-14-18-22-26-32/h11-12,15-16,29-30H,3-10,13-14,17-28H2,1-2H3. The Labute approximate surface area is 228 Å². The van der Waals surface area contributed by atoms with E-state index in [1.807, 2.05) is 0 Å². The Kier molecular flexibility index (Phi) is 30.1. The first-order valence-electron chi connectivity index (χ1n) is 14.4. The van der Waals surface area contributed by atoms with Crippen molar-refractivity contribution in [3.63, 3.8) is 0 Å². The van der Waals surface area contributed by atoms with Gasteiger partial charge in [0.05, 0.1) is 12.2 Å². The number of alkyl halides is 2. The van der Waals surface area contributed by atoms with Gasteiger partial charge >= 0.3 is 0 Å². The maximum atomic E-state index is 5.73. The molecule has 0 aromatic rings. The number of unbranched alkanes of at least 4 members (excludes halogenated alkanes) is 12. The Hall–Kier alpha value is -0.0600. The van der Waals surface area contributed by atoms with Crippen molar-refractivity contribution in [2.24, 2.45) is 0 Å². The molecule has 3 nitrogen and oxygen atoms in total. The molecular weight excluding hydrogens is 479 g/mol. The molecule has 0 rings (SSSR count). The fourth-order valence-corrected chi connectivity index (χ4v) is 4.17. The van der Waals surface area contributed by atoms with Gasteiger partial charge in [-0.1, -0.05) is 75.7 Å². The SMILES string of the molecule is CC(CCC=CCCCCCCCCCl)OCOCOC(C)CCC=CCCCCCCCCCl. The fraction of sp³-hybridized carbons (Fsp3) is 0.867. The molecule has 208 valence electrons. The zero-order valence-corrected chi connectivity index (χ0v) is 24.5. The van der Waals surface area contributed by atoms with Crippen molar-refractivity contribution < 1.29 is 14.2 Å². The summed E-state index contributed by atoms with van der Waals surface area (Å²) in [7, 11) is 0. The van der Waals surface area contributed by atoms with Gasteiger partial charge in [0.25, 0.3) is 0 Å². The molecule has 0 aliphatic rings. The van der Waals surface area contributed by atoms with Crippen LogP contribution in [-0.2, 0) is 14.2 Å². The second kappa shape index (κ2) is 30.2. The number of ether oxygens (including phenoxy) is 3. The van der Waals surface area contributed by atoms with E-state index < -0.39 is 0 Å². The maximum absolute atomic E-state index is 5.73. The van der Waals surface area contributed by atoms with Crippen molar-refractivity contribution in [3.8, 4) is 0 Å². The van der Waals surface area contributed by atoms with Gasteiger partial charge in [-0.3, -0.25) is 0 Å². The van der Waals surface area contributed by atoms with Crippen LogP contribution < -0.4 is 0 Å². The first-order valence-corrected chi connectivity index (χ1v) is 15.5. The Morgan fingerprint density at radius 2 is 0.829 bits per heavy atom. The summed E-state index contributed by atoms with van der Waals surface area (Å²) in [6, 6.07) is 0. The van der Waals surface area contributed by atoms with Crippen LogP contribution in [0.4, 0.5) is 0 Å². The van der Waals surface area contributed by atoms with E-state index in [1.165, 1.54) is 77.0 Å². The summed E-state index contributed by atoms with van der Waals surface area (Å²) < 4.78 is 16.9. The molecule has 2 unspecified atom stereocenters. The Morgan fingerprint density at radius 1 is 0.486 bits per heavy atom. The monoisotopic (exact) mass is 534 g/mol. The average molecular weight is 536 g/mol. The van der Waals surface area contributed by atoms with Gasteiger partial charge in [0.15, 0.2) is 0 Å². The highest BCUT2D eigenvalue weighted by atomic mass is 35.5. The van der Waals surface area contributed by atoms with Crippen LogP contribution in [0.15, 0.2) is 24.3 Å². The Balaban J connectivity index is 3.38. The van der Waals surface area contributed by atoms with Crippen LogP contribution in [0.1, 0.15) is 129 Å². The molecule has 0 bridgehead atoms. The predicted octanol–water partition coefficient (Wildman–Crippen LogP) is 10.3. The first-order chi connectivity index (χ1) is 17.2. The molecule has 35 heavy (non-hydrogen) atoms. The van der Waals surface area contributed by atoms with Crippen molar-refractivity contribution in [1.29, 1.82) is 0 Å². The van der Waals surface area contributed by atoms with E-state index in [4.69, 9.17) is 37.4 Å². The van der Waals surface area contributed by atoms with E-state index in [9.17, 15) is 0 Å². The Bertz CT molecular complexity index is 417. The van der Waals surface area contributed by atoms with E-state index in [-0.39, 0.29) is 12.2 Å². The van der Waals surface area contributed by atoms with E-state index in [0.717, 1.165) is 50.3 Å². The third-order valence-corrected chi connectivity index (χ3v) is 6.73. The Morgan fingerprint density at radius 3 is 1.23 bits per heavy atom. The van der Waals surface area contributed by atoms with Gasteiger partial charge in [0, 0.05) is 11.8 Å². The van der Waals surface area contributed by atoms with Crippen LogP contribution in [0.5, 0.6) is 0 Å². The van der Waals surface area contributed by atoms with Crippen molar-refractivity contribution in [2.45, 2.75) is 142 Å². The second-order valence-electron chi connectivity index (χ2n) is 9.69. The molecule has 0 saturated heterocycles. The van der Waals surface area contributed by atoms with Crippen molar-refractivity contribution in [1.82, 2.24) is 0 Å². The van der Waals surface area contributed by atoms with Gasteiger partial charge in [0.2, 0.25) is 0 Å². The van der Waals surface area contributed by atoms with Crippen LogP contribution >= 0.6 is 23.2 Å². The van der Waals surface area contributed by atoms with Crippen LogP contribution in [-0.4, -0.2) is 37.6 Å². The largest absolute Gasteiger partial charge is 0.352 e. The third-order valence-electron chi connectivity index (χ3n) is 6.19. The number of hydrogen-bond donors (Lipinski definition) is 0. The maximum Gasteiger partial charge on any atom is 0.149 e. The van der Waals surface area contributed by atoms with Gasteiger partial charge in [-0.25, -0.2) is 0 Å². The van der Waals surface area contributed by atoms with Crippen LogP contribution in [0, 0.1) is 0 Å². The van der Waals surface area contributed by atoms with Crippen molar-refractivity contribution in [2.75, 3.05) is 25.3 Å². The first kappa shape index (κ1) is 34.9. The summed E-state index contributed by atoms with van der Waals surface area (Å²) in [6.07, 6.45) is 31.6. The molecule has 0 radical (unpaired) electrons. The van der Waals surface area contributed by atoms with Gasteiger partial charge in [-0.05, 0) is 78.1 Å². The smallest absolute Gasteiger partial charge is 0.149 e. The predicted molar refractivity (Wildman–Crippen MR) is 155 cm³/mol. The highest BCUT2D eigenvalue weighted by Gasteiger charge is 2.03. The summed E-state index contributed by atoms with van der Waals surface area (Å²) in [5.74, 6) is 1.61. The molecule has 0 N–H and O–H groups in total. The summed E-state index contributed by atoms with van der Waals surface area (Å²) in [6.45, 7) is 4.81. The van der Waals surface area contributed by atoms with Gasteiger partial charge in [0.1, 0.15) is 13.6 Å². The highest BCUT2D eigenvalue weighted by Crippen LogP contribution is 2.10. The summed E-state index contributed by atoms with van der Waals surface area (Å²) >= 11 is 11.4. The molecule has 0 saturated carbocycles. The molecule has 0 amide bonds. The van der Waals surface area contributed by atoms with Crippen LogP contribution in [0.25, 0.3) is 0 Å². The van der Waals surface area contributed by atoms with Crippen LogP contribution in [0.2, 0.25) is 0 Å². The molecule has 0 aromatic heterocycles. The second-order valence-corrected chi connectivity index (χ2v) is 10.4. The van der Waals surface area contributed by atoms with E-state index >= 15 is 0 Å². The van der Waals surface area contributed by atoms with E-state index in [1.54, 1.807) is 0 Å². The quantitative estimate of drug-likeness (QED) is 0.0432. The topological polar surface area (TPSA) is 27.7 Å². The summed E-state index contributed by atoms with van der Waals surface area (Å²) in [5, 5.41) is 0. The minimum Gasteiger partial charge on any atom is -0.352 e. The zero-order chi connectivity index (χ0) is 25.7. The normalized spacial score (nSPS) is 13.8. The minimum absolute atomic E-state index is 0.204. The molecular formula is C30H56Cl2O3. The molecule has 0 aliphatic carbocycles. The molecule has 2 atom stereocenters. The molecule has 5 heteroatoms. The summed E-state index contributed by atoms with van der Waals surface area (Å²) in [4.78, 5) is 0. The van der Waals surface area contributed by atoms with Crippen molar-refractivity contribution in [3.05, 3.63) is 24.3 Å². The molecule has 0 spiro atoms. The minimum atomic E-state index is 0.204. The average Bonchev–Trinajstić information content (AvgIpc) is 2.85. The third kappa shape index (κ3) is 30.1. The number of rotatable bonds is 28. The number of halogens is 2. The van der Waals surface area contributed by atoms with Gasteiger partial charge in [-0.15, -0.1) is 23.2 Å². The molecule has 0 aliphatic heterocycles. The fourth-order valence-electron chi connectivity index (χ4n) is 3.79. The lowest BCUT2D eigenvalue weighted by Gasteiger charge is -2.14. The van der Waals surface area contributed by atoms with Crippen LogP contribution in [0.3, 0.4) is 0 Å². The molecule has 0 heterocycles. The molecule has 0 fully saturated rings. The lowest BCUT2D eigenvalue weighted by Crippen LogP contribution is -2.15. The van der Waals surface area contributed by atoms with E-state index in [2.05, 4.69) is 38.2 Å². The summed E-state index contributed by atoms with van der Waals surface area (Å²) in [5.41, 5.74) is 0. The zero-order valence-electron chi connectivity index (χ0n) is 23.0. The van der Waals surface area contributed by atoms with E-state index in [0.29, 0.717) is 13.6 Å². The van der Waals surface area contributed by atoms with Gasteiger partial charge in [-0.2, -0.15) is 0 Å². The lowest BCUT2D eigenvalue weighted by atomic mass is 10.1. The van der Waals surface area contributed by atoms with Crippen molar-refractivity contribution >= 4 is 23.2 Å².